The Morgan fingerprint density at radius 3 is 2.38 bits per heavy atom. The predicted octanol–water partition coefficient (Wildman–Crippen LogP) is 5.49. The highest BCUT2D eigenvalue weighted by Crippen LogP contribution is 2.31. The van der Waals surface area contributed by atoms with E-state index in [1.54, 1.807) is 55.7 Å². The van der Waals surface area contributed by atoms with Crippen molar-refractivity contribution in [2.24, 2.45) is 0 Å². The fourth-order valence-electron chi connectivity index (χ4n) is 2.78. The van der Waals surface area contributed by atoms with Crippen LogP contribution in [0.1, 0.15) is 16.7 Å². The van der Waals surface area contributed by atoms with Gasteiger partial charge in [0.25, 0.3) is 0 Å². The molecule has 0 unspecified atom stereocenters. The molecule has 0 amide bonds. The molecule has 3 aromatic carbocycles. The predicted molar refractivity (Wildman–Crippen MR) is 110 cm³/mol. The van der Waals surface area contributed by atoms with Gasteiger partial charge in [0, 0.05) is 5.56 Å². The molecule has 4 nitrogen and oxygen atoms in total. The maximum Gasteiger partial charge on any atom is 0.161 e. The summed E-state index contributed by atoms with van der Waals surface area (Å²) >= 11 is 0. The van der Waals surface area contributed by atoms with E-state index in [0.29, 0.717) is 22.6 Å². The van der Waals surface area contributed by atoms with Gasteiger partial charge < -0.3 is 14.2 Å². The zero-order valence-corrected chi connectivity index (χ0v) is 16.2. The number of ether oxygens (including phenoxy) is 3. The zero-order valence-electron chi connectivity index (χ0n) is 16.2. The number of halogens is 1. The minimum Gasteiger partial charge on any atom is -0.497 e. The minimum atomic E-state index is -0.316. The van der Waals surface area contributed by atoms with Crippen molar-refractivity contribution in [3.05, 3.63) is 89.2 Å². The highest BCUT2D eigenvalue weighted by atomic mass is 19.1. The van der Waals surface area contributed by atoms with Crippen LogP contribution in [-0.2, 0) is 6.61 Å². The summed E-state index contributed by atoms with van der Waals surface area (Å²) < 4.78 is 30.1. The maximum absolute atomic E-state index is 13.8. The summed E-state index contributed by atoms with van der Waals surface area (Å²) in [6.07, 6.45) is 1.77. The van der Waals surface area contributed by atoms with E-state index in [2.05, 4.69) is 6.07 Å². The fourth-order valence-corrected chi connectivity index (χ4v) is 2.78. The SMILES string of the molecule is COc1ccc(/C(C#N)=C/c2ccc(OCc3ccccc3F)c(OC)c2)cc1. The molecule has 0 aromatic heterocycles. The van der Waals surface area contributed by atoms with Crippen LogP contribution in [0.15, 0.2) is 66.7 Å². The molecule has 5 heteroatoms. The second-order valence-corrected chi connectivity index (χ2v) is 6.19. The van der Waals surface area contributed by atoms with Gasteiger partial charge in [0.1, 0.15) is 18.2 Å². The summed E-state index contributed by atoms with van der Waals surface area (Å²) in [5.41, 5.74) is 2.54. The number of hydrogen-bond acceptors (Lipinski definition) is 4. The van der Waals surface area contributed by atoms with Crippen LogP contribution in [0, 0.1) is 17.1 Å². The van der Waals surface area contributed by atoms with Crippen molar-refractivity contribution in [1.82, 2.24) is 0 Å². The molecule has 0 atom stereocenters. The number of rotatable bonds is 7. The zero-order chi connectivity index (χ0) is 20.6. The second kappa shape index (κ2) is 9.43. The van der Waals surface area contributed by atoms with E-state index >= 15 is 0 Å². The van der Waals surface area contributed by atoms with E-state index in [1.807, 2.05) is 18.2 Å². The van der Waals surface area contributed by atoms with Gasteiger partial charge in [-0.15, -0.1) is 0 Å². The molecule has 0 aliphatic heterocycles. The molecule has 0 aliphatic carbocycles. The Hall–Kier alpha value is -3.78. The summed E-state index contributed by atoms with van der Waals surface area (Å²) in [4.78, 5) is 0. The maximum atomic E-state index is 13.8. The number of hydrogen-bond donors (Lipinski definition) is 0. The molecule has 0 radical (unpaired) electrons. The Kier molecular flexibility index (Phi) is 6.49. The third kappa shape index (κ3) is 4.94. The first-order valence-electron chi connectivity index (χ1n) is 8.95. The van der Waals surface area contributed by atoms with Crippen LogP contribution in [0.4, 0.5) is 4.39 Å². The van der Waals surface area contributed by atoms with Crippen molar-refractivity contribution in [2.75, 3.05) is 14.2 Å². The Balaban J connectivity index is 1.82. The van der Waals surface area contributed by atoms with E-state index in [9.17, 15) is 9.65 Å². The van der Waals surface area contributed by atoms with E-state index in [4.69, 9.17) is 14.2 Å². The molecule has 0 saturated carbocycles. The molecule has 3 aromatic rings. The lowest BCUT2D eigenvalue weighted by atomic mass is 10.0. The monoisotopic (exact) mass is 389 g/mol. The lowest BCUT2D eigenvalue weighted by Gasteiger charge is -2.12. The van der Waals surface area contributed by atoms with Crippen molar-refractivity contribution in [3.63, 3.8) is 0 Å². The van der Waals surface area contributed by atoms with E-state index < -0.39 is 0 Å². The summed E-state index contributed by atoms with van der Waals surface area (Å²) in [6, 6.07) is 21.3. The van der Waals surface area contributed by atoms with Crippen LogP contribution in [0.5, 0.6) is 17.2 Å². The van der Waals surface area contributed by atoms with Crippen LogP contribution in [0.3, 0.4) is 0 Å². The molecule has 0 bridgehead atoms. The normalized spacial score (nSPS) is 10.9. The highest BCUT2D eigenvalue weighted by Gasteiger charge is 2.09. The lowest BCUT2D eigenvalue weighted by Crippen LogP contribution is -2.00. The van der Waals surface area contributed by atoms with E-state index in [-0.39, 0.29) is 12.4 Å². The molecule has 0 heterocycles. The second-order valence-electron chi connectivity index (χ2n) is 6.19. The molecular weight excluding hydrogens is 369 g/mol. The van der Waals surface area contributed by atoms with Crippen LogP contribution in [0.25, 0.3) is 11.6 Å². The highest BCUT2D eigenvalue weighted by molar-refractivity contribution is 5.90. The van der Waals surface area contributed by atoms with E-state index in [1.165, 1.54) is 13.2 Å². The van der Waals surface area contributed by atoms with Gasteiger partial charge in [-0.25, -0.2) is 4.39 Å². The summed E-state index contributed by atoms with van der Waals surface area (Å²) in [7, 11) is 3.13. The van der Waals surface area contributed by atoms with Gasteiger partial charge in [-0.1, -0.05) is 24.3 Å². The average molecular weight is 389 g/mol. The fraction of sp³-hybridized carbons (Fsp3) is 0.125. The number of methoxy groups -OCH3 is 2. The van der Waals surface area contributed by atoms with Gasteiger partial charge in [0.05, 0.1) is 25.9 Å². The quantitative estimate of drug-likeness (QED) is 0.396. The van der Waals surface area contributed by atoms with Crippen molar-refractivity contribution in [2.45, 2.75) is 6.61 Å². The first-order chi connectivity index (χ1) is 14.1. The van der Waals surface area contributed by atoms with Crippen LogP contribution in [-0.4, -0.2) is 14.2 Å². The largest absolute Gasteiger partial charge is 0.497 e. The first-order valence-corrected chi connectivity index (χ1v) is 8.95. The molecule has 0 spiro atoms. The summed E-state index contributed by atoms with van der Waals surface area (Å²) in [6.45, 7) is 0.0908. The van der Waals surface area contributed by atoms with Gasteiger partial charge in [-0.2, -0.15) is 5.26 Å². The number of nitriles is 1. The van der Waals surface area contributed by atoms with Gasteiger partial charge in [-0.3, -0.25) is 0 Å². The number of nitrogens with zero attached hydrogens (tertiary/aromatic N) is 1. The summed E-state index contributed by atoms with van der Waals surface area (Å²) in [5.74, 6) is 1.41. The van der Waals surface area contributed by atoms with Crippen molar-refractivity contribution >= 4 is 11.6 Å². The van der Waals surface area contributed by atoms with Gasteiger partial charge >= 0.3 is 0 Å². The molecule has 3 rings (SSSR count). The lowest BCUT2D eigenvalue weighted by molar-refractivity contribution is 0.279. The molecule has 0 fully saturated rings. The molecule has 0 N–H and O–H groups in total. The Morgan fingerprint density at radius 2 is 1.72 bits per heavy atom. The van der Waals surface area contributed by atoms with Crippen molar-refractivity contribution in [3.8, 4) is 23.3 Å². The molecule has 0 aliphatic rings. The topological polar surface area (TPSA) is 51.5 Å². The van der Waals surface area contributed by atoms with Crippen LogP contribution >= 0.6 is 0 Å². The standard InChI is InChI=1S/C24H20FNO3/c1-27-21-10-8-18(9-11-21)20(15-26)13-17-7-12-23(24(14-17)28-2)29-16-19-5-3-4-6-22(19)25/h3-14H,16H2,1-2H3/b20-13+. The Labute approximate surface area is 169 Å². The van der Waals surface area contributed by atoms with Crippen LogP contribution in [0.2, 0.25) is 0 Å². The minimum absolute atomic E-state index is 0.0908. The van der Waals surface area contributed by atoms with Gasteiger partial charge in [-0.05, 0) is 59.7 Å². The third-order valence-corrected chi connectivity index (χ3v) is 4.36. The molecule has 0 saturated heterocycles. The van der Waals surface area contributed by atoms with Crippen LogP contribution < -0.4 is 14.2 Å². The van der Waals surface area contributed by atoms with E-state index in [0.717, 1.165) is 16.9 Å². The molecular formula is C24H20FNO3. The van der Waals surface area contributed by atoms with Crippen molar-refractivity contribution < 1.29 is 18.6 Å². The average Bonchev–Trinajstić information content (AvgIpc) is 2.77. The number of allylic oxidation sites excluding steroid dienone is 1. The summed E-state index contributed by atoms with van der Waals surface area (Å²) in [5, 5.41) is 9.54. The van der Waals surface area contributed by atoms with Crippen molar-refractivity contribution in [1.29, 1.82) is 5.26 Å². The molecule has 29 heavy (non-hydrogen) atoms. The first kappa shape index (κ1) is 20.0. The Bertz CT molecular complexity index is 1050. The third-order valence-electron chi connectivity index (χ3n) is 4.36. The smallest absolute Gasteiger partial charge is 0.161 e. The molecule has 146 valence electrons. The van der Waals surface area contributed by atoms with Gasteiger partial charge in [0.15, 0.2) is 11.5 Å². The Morgan fingerprint density at radius 1 is 0.966 bits per heavy atom. The number of benzene rings is 3. The van der Waals surface area contributed by atoms with Gasteiger partial charge in [0.2, 0.25) is 0 Å².